The van der Waals surface area contributed by atoms with Gasteiger partial charge >= 0.3 is 0 Å². The van der Waals surface area contributed by atoms with E-state index in [2.05, 4.69) is 22.3 Å². The SMILES string of the molecule is NC(=O)CC(CN1CCOCC1)NCc1ccccc1. The molecule has 1 amide bonds. The van der Waals surface area contributed by atoms with E-state index in [1.165, 1.54) is 5.56 Å². The molecule has 0 saturated carbocycles. The van der Waals surface area contributed by atoms with Gasteiger partial charge in [0.1, 0.15) is 0 Å². The summed E-state index contributed by atoms with van der Waals surface area (Å²) >= 11 is 0. The molecule has 1 aliphatic heterocycles. The number of ether oxygens (including phenoxy) is 1. The van der Waals surface area contributed by atoms with E-state index in [0.717, 1.165) is 39.4 Å². The molecular formula is C15H23N3O2. The first kappa shape index (κ1) is 15.0. The van der Waals surface area contributed by atoms with Gasteiger partial charge in [0.25, 0.3) is 0 Å². The molecular weight excluding hydrogens is 254 g/mol. The van der Waals surface area contributed by atoms with E-state index in [0.29, 0.717) is 6.42 Å². The second-order valence-electron chi connectivity index (χ2n) is 5.15. The van der Waals surface area contributed by atoms with Crippen LogP contribution in [-0.2, 0) is 16.1 Å². The monoisotopic (exact) mass is 277 g/mol. The van der Waals surface area contributed by atoms with Crippen molar-refractivity contribution in [1.29, 1.82) is 0 Å². The van der Waals surface area contributed by atoms with Crippen LogP contribution in [0.3, 0.4) is 0 Å². The Morgan fingerprint density at radius 1 is 1.30 bits per heavy atom. The Kier molecular flexibility index (Phi) is 5.98. The molecule has 0 bridgehead atoms. The second kappa shape index (κ2) is 7.99. The highest BCUT2D eigenvalue weighted by Gasteiger charge is 2.18. The average molecular weight is 277 g/mol. The fraction of sp³-hybridized carbons (Fsp3) is 0.533. The number of nitrogens with two attached hydrogens (primary N) is 1. The fourth-order valence-corrected chi connectivity index (χ4v) is 2.40. The second-order valence-corrected chi connectivity index (χ2v) is 5.15. The predicted molar refractivity (Wildman–Crippen MR) is 78.1 cm³/mol. The highest BCUT2D eigenvalue weighted by atomic mass is 16.5. The van der Waals surface area contributed by atoms with Crippen LogP contribution >= 0.6 is 0 Å². The lowest BCUT2D eigenvalue weighted by Gasteiger charge is -2.30. The zero-order valence-electron chi connectivity index (χ0n) is 11.8. The van der Waals surface area contributed by atoms with E-state index < -0.39 is 0 Å². The molecule has 0 spiro atoms. The van der Waals surface area contributed by atoms with Crippen molar-refractivity contribution in [3.63, 3.8) is 0 Å². The lowest BCUT2D eigenvalue weighted by Crippen LogP contribution is -2.46. The maximum atomic E-state index is 11.2. The van der Waals surface area contributed by atoms with Gasteiger partial charge in [0.05, 0.1) is 13.2 Å². The summed E-state index contributed by atoms with van der Waals surface area (Å²) in [5.74, 6) is -0.260. The van der Waals surface area contributed by atoms with E-state index in [1.54, 1.807) is 0 Å². The molecule has 1 saturated heterocycles. The molecule has 1 heterocycles. The van der Waals surface area contributed by atoms with Crippen molar-refractivity contribution in [1.82, 2.24) is 10.2 Å². The van der Waals surface area contributed by atoms with Gasteiger partial charge in [0.15, 0.2) is 0 Å². The van der Waals surface area contributed by atoms with Crippen molar-refractivity contribution in [3.8, 4) is 0 Å². The number of carbonyl (C=O) groups is 1. The standard InChI is InChI=1S/C15H23N3O2/c16-15(19)10-14(12-18-6-8-20-9-7-18)17-11-13-4-2-1-3-5-13/h1-5,14,17H,6-12H2,(H2,16,19). The zero-order chi connectivity index (χ0) is 14.2. The Hall–Kier alpha value is -1.43. The van der Waals surface area contributed by atoms with Crippen LogP contribution in [0.2, 0.25) is 0 Å². The summed E-state index contributed by atoms with van der Waals surface area (Å²) in [5, 5.41) is 3.43. The number of benzene rings is 1. The summed E-state index contributed by atoms with van der Waals surface area (Å²) in [6.45, 7) is 4.96. The normalized spacial score (nSPS) is 17.8. The first-order valence-electron chi connectivity index (χ1n) is 7.10. The van der Waals surface area contributed by atoms with E-state index in [1.807, 2.05) is 18.2 Å². The molecule has 0 aromatic heterocycles. The molecule has 3 N–H and O–H groups in total. The smallest absolute Gasteiger partial charge is 0.219 e. The number of amides is 1. The van der Waals surface area contributed by atoms with Crippen molar-refractivity contribution in [2.45, 2.75) is 19.0 Å². The number of primary amides is 1. The topological polar surface area (TPSA) is 67.6 Å². The molecule has 1 aliphatic rings. The molecule has 2 rings (SSSR count). The first-order valence-corrected chi connectivity index (χ1v) is 7.10. The predicted octanol–water partition coefficient (Wildman–Crippen LogP) is 0.352. The molecule has 1 fully saturated rings. The molecule has 0 radical (unpaired) electrons. The number of nitrogens with one attached hydrogen (secondary N) is 1. The van der Waals surface area contributed by atoms with E-state index in [4.69, 9.17) is 10.5 Å². The summed E-state index contributed by atoms with van der Waals surface area (Å²) < 4.78 is 5.34. The number of hydrogen-bond donors (Lipinski definition) is 2. The lowest BCUT2D eigenvalue weighted by molar-refractivity contribution is -0.118. The van der Waals surface area contributed by atoms with Gasteiger partial charge in [-0.1, -0.05) is 30.3 Å². The summed E-state index contributed by atoms with van der Waals surface area (Å²) in [6, 6.07) is 10.3. The van der Waals surface area contributed by atoms with Gasteiger partial charge < -0.3 is 15.8 Å². The van der Waals surface area contributed by atoms with Gasteiger partial charge in [-0.25, -0.2) is 0 Å². The van der Waals surface area contributed by atoms with Crippen LogP contribution in [0.5, 0.6) is 0 Å². The van der Waals surface area contributed by atoms with Crippen LogP contribution in [0, 0.1) is 0 Å². The highest BCUT2D eigenvalue weighted by Crippen LogP contribution is 2.04. The van der Waals surface area contributed by atoms with Gasteiger partial charge in [0.2, 0.25) is 5.91 Å². The van der Waals surface area contributed by atoms with Gasteiger partial charge in [-0.3, -0.25) is 9.69 Å². The van der Waals surface area contributed by atoms with Crippen LogP contribution in [0.25, 0.3) is 0 Å². The van der Waals surface area contributed by atoms with Crippen molar-refractivity contribution in [2.24, 2.45) is 5.73 Å². The maximum Gasteiger partial charge on any atom is 0.219 e. The number of nitrogens with zero attached hydrogens (tertiary/aromatic N) is 1. The van der Waals surface area contributed by atoms with Crippen LogP contribution in [0.15, 0.2) is 30.3 Å². The zero-order valence-corrected chi connectivity index (χ0v) is 11.8. The van der Waals surface area contributed by atoms with Crippen LogP contribution in [-0.4, -0.2) is 49.7 Å². The minimum atomic E-state index is -0.260. The largest absolute Gasteiger partial charge is 0.379 e. The molecule has 20 heavy (non-hydrogen) atoms. The van der Waals surface area contributed by atoms with Crippen molar-refractivity contribution in [2.75, 3.05) is 32.8 Å². The van der Waals surface area contributed by atoms with Crippen molar-refractivity contribution in [3.05, 3.63) is 35.9 Å². The summed E-state index contributed by atoms with van der Waals surface area (Å²) in [4.78, 5) is 13.5. The van der Waals surface area contributed by atoms with Gasteiger partial charge in [-0.2, -0.15) is 0 Å². The molecule has 1 aromatic carbocycles. The third-order valence-electron chi connectivity index (χ3n) is 3.47. The molecule has 1 unspecified atom stereocenters. The maximum absolute atomic E-state index is 11.2. The Labute approximate surface area is 120 Å². The van der Waals surface area contributed by atoms with E-state index in [9.17, 15) is 4.79 Å². The van der Waals surface area contributed by atoms with Gasteiger partial charge in [-0.05, 0) is 5.56 Å². The van der Waals surface area contributed by atoms with Crippen LogP contribution in [0.1, 0.15) is 12.0 Å². The summed E-state index contributed by atoms with van der Waals surface area (Å²) in [6.07, 6.45) is 0.365. The molecule has 1 aromatic rings. The van der Waals surface area contributed by atoms with Gasteiger partial charge in [-0.15, -0.1) is 0 Å². The van der Waals surface area contributed by atoms with Crippen LogP contribution in [0.4, 0.5) is 0 Å². The van der Waals surface area contributed by atoms with Crippen molar-refractivity contribution >= 4 is 5.91 Å². The average Bonchev–Trinajstić information content (AvgIpc) is 2.46. The molecule has 5 nitrogen and oxygen atoms in total. The van der Waals surface area contributed by atoms with Gasteiger partial charge in [0, 0.05) is 38.6 Å². The number of carbonyl (C=O) groups excluding carboxylic acids is 1. The molecule has 0 aliphatic carbocycles. The third-order valence-corrected chi connectivity index (χ3v) is 3.47. The Morgan fingerprint density at radius 2 is 2.00 bits per heavy atom. The Balaban J connectivity index is 1.84. The summed E-state index contributed by atoms with van der Waals surface area (Å²) in [5.41, 5.74) is 6.56. The molecule has 5 heteroatoms. The lowest BCUT2D eigenvalue weighted by atomic mass is 10.1. The quantitative estimate of drug-likeness (QED) is 0.755. The highest BCUT2D eigenvalue weighted by molar-refractivity contribution is 5.74. The van der Waals surface area contributed by atoms with E-state index >= 15 is 0 Å². The minimum Gasteiger partial charge on any atom is -0.379 e. The van der Waals surface area contributed by atoms with Crippen LogP contribution < -0.4 is 11.1 Å². The van der Waals surface area contributed by atoms with Crippen molar-refractivity contribution < 1.29 is 9.53 Å². The first-order chi connectivity index (χ1) is 9.74. The number of rotatable bonds is 7. The minimum absolute atomic E-state index is 0.0887. The fourth-order valence-electron chi connectivity index (χ4n) is 2.40. The number of hydrogen-bond acceptors (Lipinski definition) is 4. The third kappa shape index (κ3) is 5.28. The summed E-state index contributed by atoms with van der Waals surface area (Å²) in [7, 11) is 0. The van der Waals surface area contributed by atoms with E-state index in [-0.39, 0.29) is 11.9 Å². The Morgan fingerprint density at radius 3 is 2.65 bits per heavy atom. The molecule has 110 valence electrons. The number of morpholine rings is 1. The molecule has 1 atom stereocenters. The Bertz CT molecular complexity index is 405.